The molecule has 8 nitrogen and oxygen atoms in total. The number of aliphatic carboxylic acids is 1. The minimum atomic E-state index is -5.08. The van der Waals surface area contributed by atoms with Gasteiger partial charge < -0.3 is 19.6 Å². The number of carbonyl (C=O) groups excluding carboxylic acids is 2. The molecule has 11 heteroatoms. The van der Waals surface area contributed by atoms with Gasteiger partial charge >= 0.3 is 12.1 Å². The lowest BCUT2D eigenvalue weighted by Crippen LogP contribution is -2.40. The van der Waals surface area contributed by atoms with Crippen molar-refractivity contribution >= 4 is 17.8 Å². The molecule has 0 spiro atoms. The Balaban J connectivity index is 0.000000345. The summed E-state index contributed by atoms with van der Waals surface area (Å²) in [6.45, 7) is 1.83. The summed E-state index contributed by atoms with van der Waals surface area (Å²) in [6, 6.07) is 3.64. The van der Waals surface area contributed by atoms with Gasteiger partial charge in [0.15, 0.2) is 0 Å². The molecule has 1 aromatic rings. The van der Waals surface area contributed by atoms with Crippen LogP contribution in [0.15, 0.2) is 24.5 Å². The van der Waals surface area contributed by atoms with Crippen LogP contribution >= 0.6 is 0 Å². The number of hydrogen-bond acceptors (Lipinski definition) is 5. The van der Waals surface area contributed by atoms with Crippen LogP contribution in [0.3, 0.4) is 0 Å². The molecule has 0 aliphatic carbocycles. The number of pyridine rings is 1. The van der Waals surface area contributed by atoms with E-state index in [1.54, 1.807) is 31.6 Å². The Morgan fingerprint density at radius 3 is 2.57 bits per heavy atom. The number of carboxylic acid groups (broad SMARTS) is 1. The number of halogens is 3. The Morgan fingerprint density at radius 1 is 1.36 bits per heavy atom. The van der Waals surface area contributed by atoms with Gasteiger partial charge in [0.1, 0.15) is 0 Å². The van der Waals surface area contributed by atoms with Gasteiger partial charge in [-0.25, -0.2) is 4.79 Å². The molecule has 3 rings (SSSR count). The van der Waals surface area contributed by atoms with Gasteiger partial charge in [-0.15, -0.1) is 0 Å². The molecule has 3 heterocycles. The van der Waals surface area contributed by atoms with Crippen molar-refractivity contribution in [2.45, 2.75) is 31.1 Å². The molecule has 154 valence electrons. The molecule has 0 bridgehead atoms. The van der Waals surface area contributed by atoms with Crippen LogP contribution in [0, 0.1) is 0 Å². The largest absolute Gasteiger partial charge is 0.490 e. The van der Waals surface area contributed by atoms with Crippen LogP contribution in [0.4, 0.5) is 13.2 Å². The van der Waals surface area contributed by atoms with E-state index in [-0.39, 0.29) is 23.9 Å². The number of nitrogens with zero attached hydrogens (tertiary/aromatic N) is 3. The first-order chi connectivity index (χ1) is 13.2. The highest BCUT2D eigenvalue weighted by Gasteiger charge is 2.48. The average Bonchev–Trinajstić information content (AvgIpc) is 3.18. The zero-order valence-corrected chi connectivity index (χ0v) is 15.1. The van der Waals surface area contributed by atoms with Gasteiger partial charge in [-0.1, -0.05) is 0 Å². The molecule has 1 N–H and O–H groups in total. The number of rotatable bonds is 4. The van der Waals surface area contributed by atoms with E-state index in [1.165, 1.54) is 0 Å². The van der Waals surface area contributed by atoms with Crippen molar-refractivity contribution in [3.63, 3.8) is 0 Å². The van der Waals surface area contributed by atoms with Crippen molar-refractivity contribution < 1.29 is 37.4 Å². The third-order valence-electron chi connectivity index (χ3n) is 4.56. The first kappa shape index (κ1) is 21.6. The third-order valence-corrected chi connectivity index (χ3v) is 4.56. The summed E-state index contributed by atoms with van der Waals surface area (Å²) in [5.74, 6) is -2.67. The molecule has 1 aromatic heterocycles. The van der Waals surface area contributed by atoms with Crippen molar-refractivity contribution in [2.24, 2.45) is 0 Å². The SMILES string of the molecule is COCCN1C(=O)C[C@@H]2[C@H]1CCN2C(=O)c1cccnc1.O=C(O)C(F)(F)F. The first-order valence-electron chi connectivity index (χ1n) is 8.46. The molecule has 28 heavy (non-hydrogen) atoms. The summed E-state index contributed by atoms with van der Waals surface area (Å²) >= 11 is 0. The van der Waals surface area contributed by atoms with Crippen LogP contribution in [0.5, 0.6) is 0 Å². The fourth-order valence-electron chi connectivity index (χ4n) is 3.32. The smallest absolute Gasteiger partial charge is 0.475 e. The summed E-state index contributed by atoms with van der Waals surface area (Å²) < 4.78 is 36.8. The molecule has 2 amide bonds. The monoisotopic (exact) mass is 403 g/mol. The maximum absolute atomic E-state index is 12.5. The van der Waals surface area contributed by atoms with Crippen LogP contribution in [0.2, 0.25) is 0 Å². The normalized spacial score (nSPS) is 21.2. The molecule has 0 aromatic carbocycles. The van der Waals surface area contributed by atoms with Crippen LogP contribution in [-0.2, 0) is 14.3 Å². The second kappa shape index (κ2) is 9.00. The number of fused-ring (bicyclic) bond motifs is 1. The van der Waals surface area contributed by atoms with E-state index in [0.717, 1.165) is 6.42 Å². The topological polar surface area (TPSA) is 100 Å². The number of alkyl halides is 3. The van der Waals surface area contributed by atoms with Crippen LogP contribution in [-0.4, -0.2) is 82.7 Å². The van der Waals surface area contributed by atoms with E-state index in [2.05, 4.69) is 4.98 Å². The van der Waals surface area contributed by atoms with E-state index in [0.29, 0.717) is 31.7 Å². The third kappa shape index (κ3) is 4.97. The van der Waals surface area contributed by atoms with Gasteiger partial charge in [0.05, 0.1) is 24.3 Å². The minimum Gasteiger partial charge on any atom is -0.475 e. The lowest BCUT2D eigenvalue weighted by atomic mass is 10.1. The second-order valence-corrected chi connectivity index (χ2v) is 6.25. The van der Waals surface area contributed by atoms with Gasteiger partial charge in [0.25, 0.3) is 5.91 Å². The van der Waals surface area contributed by atoms with Gasteiger partial charge in [0, 0.05) is 39.0 Å². The molecule has 0 radical (unpaired) electrons. The number of aromatic nitrogens is 1. The Labute approximate surface area is 158 Å². The fraction of sp³-hybridized carbons (Fsp3) is 0.529. The highest BCUT2D eigenvalue weighted by atomic mass is 19.4. The molecule has 2 atom stereocenters. The molecular weight excluding hydrogens is 383 g/mol. The zero-order valence-electron chi connectivity index (χ0n) is 15.1. The summed E-state index contributed by atoms with van der Waals surface area (Å²) in [7, 11) is 1.63. The van der Waals surface area contributed by atoms with Crippen molar-refractivity contribution in [1.82, 2.24) is 14.8 Å². The number of carboxylic acids is 1. The lowest BCUT2D eigenvalue weighted by molar-refractivity contribution is -0.192. The number of likely N-dealkylation sites (tertiary alicyclic amines) is 2. The molecule has 0 unspecified atom stereocenters. The maximum atomic E-state index is 12.5. The number of hydrogen-bond donors (Lipinski definition) is 1. The van der Waals surface area contributed by atoms with Crippen molar-refractivity contribution in [1.29, 1.82) is 0 Å². The Morgan fingerprint density at radius 2 is 2.04 bits per heavy atom. The van der Waals surface area contributed by atoms with E-state index in [1.807, 2.05) is 9.80 Å². The number of methoxy groups -OCH3 is 1. The number of ether oxygens (including phenoxy) is 1. The molecular formula is C17H20F3N3O5. The van der Waals surface area contributed by atoms with Crippen LogP contribution < -0.4 is 0 Å². The standard InChI is InChI=1S/C15H19N3O3.C2HF3O2/c1-21-8-7-17-12-4-6-18(13(12)9-14(17)19)15(20)11-3-2-5-16-10-11;3-2(4,5)1(6)7/h2-3,5,10,12-13H,4,6-9H2,1H3;(H,6,7)/t12-,13-;/m1./s1. The van der Waals surface area contributed by atoms with Gasteiger partial charge in [0.2, 0.25) is 5.91 Å². The van der Waals surface area contributed by atoms with E-state index in [4.69, 9.17) is 14.6 Å². The zero-order chi connectivity index (χ0) is 20.9. The highest BCUT2D eigenvalue weighted by molar-refractivity contribution is 5.95. The second-order valence-electron chi connectivity index (χ2n) is 6.25. The molecule has 2 aliphatic rings. The predicted molar refractivity (Wildman–Crippen MR) is 89.4 cm³/mol. The number of amides is 2. The van der Waals surface area contributed by atoms with Crippen molar-refractivity contribution in [2.75, 3.05) is 26.8 Å². The van der Waals surface area contributed by atoms with E-state index < -0.39 is 12.1 Å². The predicted octanol–water partition coefficient (Wildman–Crippen LogP) is 1.18. The number of carbonyl (C=O) groups is 3. The Hall–Kier alpha value is -2.69. The summed E-state index contributed by atoms with van der Waals surface area (Å²) in [5, 5.41) is 7.12. The molecule has 2 saturated heterocycles. The minimum absolute atomic E-state index is 0.0120. The molecule has 2 aliphatic heterocycles. The first-order valence-corrected chi connectivity index (χ1v) is 8.46. The van der Waals surface area contributed by atoms with Crippen LogP contribution in [0.1, 0.15) is 23.2 Å². The van der Waals surface area contributed by atoms with Crippen molar-refractivity contribution in [3.8, 4) is 0 Å². The van der Waals surface area contributed by atoms with Gasteiger partial charge in [-0.2, -0.15) is 13.2 Å². The Kier molecular flexibility index (Phi) is 6.95. The lowest BCUT2D eigenvalue weighted by Gasteiger charge is -2.25. The summed E-state index contributed by atoms with van der Waals surface area (Å²) in [5.41, 5.74) is 0.584. The summed E-state index contributed by atoms with van der Waals surface area (Å²) in [6.07, 6.45) is -0.600. The molecule has 2 fully saturated rings. The average molecular weight is 403 g/mol. The van der Waals surface area contributed by atoms with Gasteiger partial charge in [-0.05, 0) is 18.6 Å². The maximum Gasteiger partial charge on any atom is 0.490 e. The molecule has 0 saturated carbocycles. The van der Waals surface area contributed by atoms with Crippen molar-refractivity contribution in [3.05, 3.63) is 30.1 Å². The van der Waals surface area contributed by atoms with E-state index in [9.17, 15) is 22.8 Å². The highest BCUT2D eigenvalue weighted by Crippen LogP contribution is 2.33. The quantitative estimate of drug-likeness (QED) is 0.810. The Bertz CT molecular complexity index is 714. The fourth-order valence-corrected chi connectivity index (χ4v) is 3.32. The summed E-state index contributed by atoms with van der Waals surface area (Å²) in [4.78, 5) is 41.2. The van der Waals surface area contributed by atoms with Crippen LogP contribution in [0.25, 0.3) is 0 Å². The van der Waals surface area contributed by atoms with Gasteiger partial charge in [-0.3, -0.25) is 14.6 Å². The van der Waals surface area contributed by atoms with E-state index >= 15 is 0 Å².